The number of benzene rings is 1. The number of nitro groups is 1. The van der Waals surface area contributed by atoms with Crippen molar-refractivity contribution in [1.29, 1.82) is 0 Å². The maximum absolute atomic E-state index is 13.7. The van der Waals surface area contributed by atoms with Gasteiger partial charge in [0.15, 0.2) is 5.12 Å². The van der Waals surface area contributed by atoms with Gasteiger partial charge in [-0.1, -0.05) is 11.8 Å². The highest BCUT2D eigenvalue weighted by Gasteiger charge is 2.26. The van der Waals surface area contributed by atoms with E-state index in [2.05, 4.69) is 0 Å². The normalized spacial score (nSPS) is 13.8. The highest BCUT2D eigenvalue weighted by atomic mass is 32.2. The van der Waals surface area contributed by atoms with E-state index in [-0.39, 0.29) is 16.6 Å². The molecule has 0 fully saturated rings. The van der Waals surface area contributed by atoms with Gasteiger partial charge in [-0.15, -0.1) is 0 Å². The summed E-state index contributed by atoms with van der Waals surface area (Å²) < 4.78 is 13.7. The van der Waals surface area contributed by atoms with Crippen LogP contribution in [0.2, 0.25) is 0 Å². The van der Waals surface area contributed by atoms with E-state index in [1.807, 2.05) is 0 Å². The second-order valence-corrected chi connectivity index (χ2v) is 5.20. The molecule has 0 aliphatic rings. The Bertz CT molecular complexity index is 540. The molecule has 0 saturated carbocycles. The molecule has 0 spiro atoms. The van der Waals surface area contributed by atoms with Crippen LogP contribution >= 0.6 is 11.8 Å². The van der Waals surface area contributed by atoms with Crippen LogP contribution in [0.4, 0.5) is 15.8 Å². The summed E-state index contributed by atoms with van der Waals surface area (Å²) in [5, 5.41) is 29.9. The van der Waals surface area contributed by atoms with Crippen molar-refractivity contribution in [3.63, 3.8) is 0 Å². The summed E-state index contributed by atoms with van der Waals surface area (Å²) in [6.45, 7) is 1.28. The van der Waals surface area contributed by atoms with E-state index in [4.69, 9.17) is 5.73 Å². The largest absolute Gasteiger partial charge is 0.393 e. The second kappa shape index (κ2) is 6.64. The van der Waals surface area contributed by atoms with Crippen molar-refractivity contribution >= 4 is 28.3 Å². The lowest BCUT2D eigenvalue weighted by Gasteiger charge is -2.18. The molecule has 2 unspecified atom stereocenters. The van der Waals surface area contributed by atoms with Gasteiger partial charge < -0.3 is 15.9 Å². The third-order valence-corrected chi connectivity index (χ3v) is 3.40. The Hall–Kier alpha value is -1.71. The first-order valence-corrected chi connectivity index (χ1v) is 6.45. The van der Waals surface area contributed by atoms with Crippen LogP contribution < -0.4 is 5.73 Å². The van der Waals surface area contributed by atoms with Gasteiger partial charge in [-0.3, -0.25) is 14.9 Å². The number of carbonyl (C=O) groups excluding carboxylic acids is 1. The first kappa shape index (κ1) is 16.3. The molecule has 0 heterocycles. The molecule has 110 valence electrons. The maximum atomic E-state index is 13.7. The van der Waals surface area contributed by atoms with Gasteiger partial charge in [0.25, 0.3) is 5.69 Å². The van der Waals surface area contributed by atoms with Gasteiger partial charge in [-0.2, -0.15) is 0 Å². The van der Waals surface area contributed by atoms with E-state index >= 15 is 0 Å². The molecule has 0 aromatic heterocycles. The number of nitro benzene ring substituents is 1. The summed E-state index contributed by atoms with van der Waals surface area (Å²) in [4.78, 5) is 20.6. The molecule has 4 N–H and O–H groups in total. The number of hydrogen-bond acceptors (Lipinski definition) is 7. The van der Waals surface area contributed by atoms with Crippen LogP contribution in [-0.4, -0.2) is 32.1 Å². The molecular weight excluding hydrogens is 291 g/mol. The minimum absolute atomic E-state index is 0.159. The van der Waals surface area contributed by atoms with Crippen molar-refractivity contribution in [2.24, 2.45) is 0 Å². The molecule has 0 aliphatic carbocycles. The van der Waals surface area contributed by atoms with E-state index < -0.39 is 34.2 Å². The average Bonchev–Trinajstić information content (AvgIpc) is 2.34. The van der Waals surface area contributed by atoms with Gasteiger partial charge in [0, 0.05) is 30.4 Å². The third-order valence-electron chi connectivity index (χ3n) is 2.48. The number of hydrogen-bond donors (Lipinski definition) is 3. The zero-order chi connectivity index (χ0) is 15.4. The lowest BCUT2D eigenvalue weighted by atomic mass is 10.0. The van der Waals surface area contributed by atoms with Crippen molar-refractivity contribution in [3.05, 3.63) is 33.6 Å². The molecule has 1 aromatic rings. The van der Waals surface area contributed by atoms with E-state index in [0.29, 0.717) is 6.07 Å². The van der Waals surface area contributed by atoms with Gasteiger partial charge >= 0.3 is 0 Å². The number of anilines is 1. The molecule has 1 aromatic carbocycles. The lowest BCUT2D eigenvalue weighted by molar-refractivity contribution is -0.384. The fraction of sp³-hybridized carbons (Fsp3) is 0.364. The highest BCUT2D eigenvalue weighted by Crippen LogP contribution is 2.30. The molecule has 0 amide bonds. The summed E-state index contributed by atoms with van der Waals surface area (Å²) in [6, 6.07) is 1.48. The fourth-order valence-electron chi connectivity index (χ4n) is 1.48. The van der Waals surface area contributed by atoms with Crippen LogP contribution in [-0.2, 0) is 4.79 Å². The average molecular weight is 304 g/mol. The second-order valence-electron chi connectivity index (χ2n) is 4.00. The molecule has 20 heavy (non-hydrogen) atoms. The van der Waals surface area contributed by atoms with Gasteiger partial charge in [-0.25, -0.2) is 4.39 Å². The Kier molecular flexibility index (Phi) is 5.43. The molecule has 9 heteroatoms. The third kappa shape index (κ3) is 3.89. The zero-order valence-corrected chi connectivity index (χ0v) is 11.3. The van der Waals surface area contributed by atoms with Gasteiger partial charge in [0.2, 0.25) is 0 Å². The van der Waals surface area contributed by atoms with Crippen LogP contribution in [0.5, 0.6) is 0 Å². The zero-order valence-electron chi connectivity index (χ0n) is 10.4. The molecule has 2 atom stereocenters. The van der Waals surface area contributed by atoms with Crippen molar-refractivity contribution in [1.82, 2.24) is 0 Å². The molecule has 1 rings (SSSR count). The van der Waals surface area contributed by atoms with E-state index in [9.17, 15) is 29.5 Å². The number of halogens is 1. The predicted octanol–water partition coefficient (Wildman–Crippen LogP) is 0.990. The number of thioether (sulfide) groups is 1. The molecule has 0 bridgehead atoms. The number of aliphatic hydroxyl groups excluding tert-OH is 2. The number of nitrogens with two attached hydrogens (primary N) is 1. The Balaban J connectivity index is 3.02. The van der Waals surface area contributed by atoms with Crippen LogP contribution in [0.1, 0.15) is 18.6 Å². The van der Waals surface area contributed by atoms with Crippen LogP contribution in [0.3, 0.4) is 0 Å². The summed E-state index contributed by atoms with van der Waals surface area (Å²) in [5.41, 5.74) is 3.91. The molecule has 0 aliphatic heterocycles. The summed E-state index contributed by atoms with van der Waals surface area (Å²) >= 11 is 0.752. The van der Waals surface area contributed by atoms with Gasteiger partial charge in [-0.05, 0) is 0 Å². The summed E-state index contributed by atoms with van der Waals surface area (Å²) in [5.74, 6) is -1.12. The van der Waals surface area contributed by atoms with Crippen molar-refractivity contribution in [3.8, 4) is 0 Å². The molecular formula is C11H13FN2O5S. The fourth-order valence-corrected chi connectivity index (χ4v) is 2.07. The first-order chi connectivity index (χ1) is 9.23. The SMILES string of the molecule is CC(=O)SCC(O)C(O)c1cc([N+](=O)[O-])c(N)cc1F. The smallest absolute Gasteiger partial charge is 0.292 e. The number of rotatable bonds is 5. The Morgan fingerprint density at radius 2 is 2.15 bits per heavy atom. The summed E-state index contributed by atoms with van der Waals surface area (Å²) in [6.07, 6.45) is -3.14. The quantitative estimate of drug-likeness (QED) is 0.420. The molecule has 7 nitrogen and oxygen atoms in total. The number of nitrogen functional groups attached to an aromatic ring is 1. The Morgan fingerprint density at radius 3 is 2.65 bits per heavy atom. The topological polar surface area (TPSA) is 127 Å². The van der Waals surface area contributed by atoms with E-state index in [0.717, 1.165) is 17.8 Å². The van der Waals surface area contributed by atoms with Crippen LogP contribution in [0, 0.1) is 15.9 Å². The lowest BCUT2D eigenvalue weighted by Crippen LogP contribution is -2.22. The van der Waals surface area contributed by atoms with Gasteiger partial charge in [0.1, 0.15) is 17.6 Å². The minimum atomic E-state index is -1.69. The number of nitrogens with zero attached hydrogens (tertiary/aromatic N) is 1. The van der Waals surface area contributed by atoms with Gasteiger partial charge in [0.05, 0.1) is 11.0 Å². The van der Waals surface area contributed by atoms with Crippen LogP contribution in [0.15, 0.2) is 12.1 Å². The molecule has 0 saturated heterocycles. The predicted molar refractivity (Wildman–Crippen MR) is 71.6 cm³/mol. The van der Waals surface area contributed by atoms with Crippen LogP contribution in [0.25, 0.3) is 0 Å². The van der Waals surface area contributed by atoms with Crippen molar-refractivity contribution in [2.75, 3.05) is 11.5 Å². The summed E-state index contributed by atoms with van der Waals surface area (Å²) in [7, 11) is 0. The van der Waals surface area contributed by atoms with Crippen molar-refractivity contribution in [2.45, 2.75) is 19.1 Å². The minimum Gasteiger partial charge on any atom is -0.393 e. The number of aliphatic hydroxyl groups is 2. The van der Waals surface area contributed by atoms with E-state index in [1.165, 1.54) is 6.92 Å². The Labute approximate surface area is 117 Å². The monoisotopic (exact) mass is 304 g/mol. The first-order valence-electron chi connectivity index (χ1n) is 5.46. The Morgan fingerprint density at radius 1 is 1.55 bits per heavy atom. The number of carbonyl (C=O) groups is 1. The maximum Gasteiger partial charge on any atom is 0.292 e. The van der Waals surface area contributed by atoms with E-state index in [1.54, 1.807) is 0 Å². The standard InChI is InChI=1S/C11H13FN2O5S/c1-5(15)20-4-10(16)11(17)6-2-9(14(18)19)8(13)3-7(6)12/h2-3,10-11,16-17H,4,13H2,1H3. The molecule has 0 radical (unpaired) electrons. The highest BCUT2D eigenvalue weighted by molar-refractivity contribution is 8.13. The van der Waals surface area contributed by atoms with Crippen molar-refractivity contribution < 1.29 is 24.3 Å².